The summed E-state index contributed by atoms with van der Waals surface area (Å²) in [5.41, 5.74) is 1.58. The Bertz CT molecular complexity index is 1610. The fourth-order valence-electron chi connectivity index (χ4n) is 4.78. The number of halogens is 1. The third-order valence-corrected chi connectivity index (χ3v) is 7.42. The van der Waals surface area contributed by atoms with Crippen molar-refractivity contribution in [3.8, 4) is 12.3 Å². The number of nitrogen functional groups attached to an aromatic ring is 1. The van der Waals surface area contributed by atoms with E-state index < -0.39 is 60.6 Å². The van der Waals surface area contributed by atoms with E-state index >= 15 is 0 Å². The molecule has 1 saturated heterocycles. The number of terminal acetylenes is 1. The molecule has 4 rings (SSSR count). The van der Waals surface area contributed by atoms with Crippen LogP contribution in [0.2, 0.25) is 5.28 Å². The number of fused-ring (bicyclic) bond motifs is 1. The van der Waals surface area contributed by atoms with Gasteiger partial charge in [0.15, 0.2) is 23.3 Å². The first-order valence-corrected chi connectivity index (χ1v) is 13.6. The van der Waals surface area contributed by atoms with Gasteiger partial charge < -0.3 is 46.1 Å². The first-order valence-electron chi connectivity index (χ1n) is 13.2. The number of nitrogens with two attached hydrogens (primary N) is 1. The van der Waals surface area contributed by atoms with Crippen molar-refractivity contribution in [1.82, 2.24) is 24.4 Å². The molecule has 3 aromatic rings. The van der Waals surface area contributed by atoms with Crippen molar-refractivity contribution in [3.05, 3.63) is 41.4 Å². The summed E-state index contributed by atoms with van der Waals surface area (Å²) in [6.45, 7) is -0.148. The number of nitrogens with zero attached hydrogens (tertiary/aromatic N) is 5. The minimum absolute atomic E-state index is 0.0353. The molecular formula is C27H30ClN7O10. The number of benzene rings is 1. The van der Waals surface area contributed by atoms with Gasteiger partial charge in [-0.05, 0) is 36.3 Å². The van der Waals surface area contributed by atoms with Crippen LogP contribution in [0.3, 0.4) is 0 Å². The Balaban J connectivity index is 1.51. The highest BCUT2D eigenvalue weighted by atomic mass is 35.5. The van der Waals surface area contributed by atoms with E-state index in [1.54, 1.807) is 24.1 Å². The van der Waals surface area contributed by atoms with Crippen LogP contribution in [0, 0.1) is 12.3 Å². The summed E-state index contributed by atoms with van der Waals surface area (Å²) in [5, 5.41) is 53.9. The van der Waals surface area contributed by atoms with E-state index in [0.29, 0.717) is 18.8 Å². The first-order chi connectivity index (χ1) is 21.2. The molecule has 8 N–H and O–H groups in total. The number of rotatable bonds is 14. The molecule has 4 atom stereocenters. The molecule has 0 amide bonds. The highest BCUT2D eigenvalue weighted by Gasteiger charge is 2.58. The number of imidazole rings is 1. The molecule has 0 bridgehead atoms. The van der Waals surface area contributed by atoms with Crippen LogP contribution in [0.5, 0.6) is 0 Å². The number of hydrogen-bond acceptors (Lipinski definition) is 13. The van der Waals surface area contributed by atoms with Gasteiger partial charge >= 0.3 is 17.9 Å². The number of nitrogens with one attached hydrogen (secondary N) is 1. The standard InChI is InChI=1S/C27H30ClN7O10/c1-3-26(43)16(45-22(19(26)38)35-13-31-18-20(29)32-25(28)33-21(18)35)12-44-27(23(39)40,24(41)42)10-14-4-6-15(7-5-14)30-8-9-34(2)11-17(36)37/h1,4-7,13,16,19,22,30,38,43H,8-12H2,2H3,(H,36,37)(H,39,40)(H,41,42)(H2,29,32,33)/t16-,19+,22-,26-/m1/s1. The number of anilines is 2. The summed E-state index contributed by atoms with van der Waals surface area (Å²) < 4.78 is 12.5. The summed E-state index contributed by atoms with van der Waals surface area (Å²) in [6.07, 6.45) is 1.20. The summed E-state index contributed by atoms with van der Waals surface area (Å²) in [6, 6.07) is 6.19. The Morgan fingerprint density at radius 2 is 1.91 bits per heavy atom. The maximum absolute atomic E-state index is 12.4. The minimum Gasteiger partial charge on any atom is -0.480 e. The van der Waals surface area contributed by atoms with Crippen LogP contribution < -0.4 is 11.1 Å². The predicted molar refractivity (Wildman–Crippen MR) is 156 cm³/mol. The van der Waals surface area contributed by atoms with Crippen molar-refractivity contribution >= 4 is 52.2 Å². The van der Waals surface area contributed by atoms with Gasteiger partial charge in [-0.25, -0.2) is 14.6 Å². The molecule has 18 heteroatoms. The fraction of sp³-hybridized carbons (Fsp3) is 0.407. The highest BCUT2D eigenvalue weighted by Crippen LogP contribution is 2.39. The number of carboxylic acid groups (broad SMARTS) is 3. The number of aliphatic hydroxyl groups excluding tert-OH is 1. The second-order valence-corrected chi connectivity index (χ2v) is 10.7. The van der Waals surface area contributed by atoms with Gasteiger partial charge in [0.25, 0.3) is 5.60 Å². The molecule has 240 valence electrons. The molecule has 0 aliphatic carbocycles. The molecule has 1 aromatic carbocycles. The summed E-state index contributed by atoms with van der Waals surface area (Å²) in [7, 11) is 1.65. The number of carbonyl (C=O) groups is 3. The molecule has 0 radical (unpaired) electrons. The van der Waals surface area contributed by atoms with Crippen LogP contribution in [0.25, 0.3) is 11.2 Å². The van der Waals surface area contributed by atoms with Gasteiger partial charge in [0, 0.05) is 25.2 Å². The van der Waals surface area contributed by atoms with Crippen LogP contribution >= 0.6 is 11.6 Å². The Morgan fingerprint density at radius 3 is 2.51 bits per heavy atom. The predicted octanol–water partition coefficient (Wildman–Crippen LogP) is -0.720. The smallest absolute Gasteiger partial charge is 0.348 e. The normalized spacial score (nSPS) is 21.6. The molecular weight excluding hydrogens is 618 g/mol. The molecule has 2 aromatic heterocycles. The SMILES string of the molecule is C#C[C@@]1(O)[C@@H](COC(Cc2ccc(NCCN(C)CC(=O)O)cc2)(C(=O)O)C(=O)O)O[C@@H](n2cnc3c(N)nc(Cl)nc32)[C@@H]1O. The zero-order valence-corrected chi connectivity index (χ0v) is 24.5. The van der Waals surface area contributed by atoms with Crippen molar-refractivity contribution in [2.24, 2.45) is 0 Å². The molecule has 1 aliphatic rings. The largest absolute Gasteiger partial charge is 0.480 e. The Labute approximate surface area is 260 Å². The number of carboxylic acids is 3. The number of ether oxygens (including phenoxy) is 2. The Kier molecular flexibility index (Phi) is 9.77. The zero-order chi connectivity index (χ0) is 33.1. The second-order valence-electron chi connectivity index (χ2n) is 10.3. The topological polar surface area (TPSA) is 256 Å². The number of aliphatic hydroxyl groups is 2. The van der Waals surface area contributed by atoms with E-state index in [-0.39, 0.29) is 34.4 Å². The Morgan fingerprint density at radius 1 is 1.24 bits per heavy atom. The third kappa shape index (κ3) is 6.76. The minimum atomic E-state index is -2.84. The molecule has 0 saturated carbocycles. The van der Waals surface area contributed by atoms with E-state index in [1.807, 2.05) is 5.92 Å². The van der Waals surface area contributed by atoms with Crippen molar-refractivity contribution in [3.63, 3.8) is 0 Å². The van der Waals surface area contributed by atoms with Crippen LogP contribution in [-0.4, -0.2) is 125 Å². The van der Waals surface area contributed by atoms with E-state index in [2.05, 4.69) is 20.3 Å². The lowest BCUT2D eigenvalue weighted by Crippen LogP contribution is -2.55. The maximum Gasteiger partial charge on any atom is 0.348 e. The maximum atomic E-state index is 12.4. The summed E-state index contributed by atoms with van der Waals surface area (Å²) in [4.78, 5) is 49.0. The fourth-order valence-corrected chi connectivity index (χ4v) is 4.95. The number of likely N-dealkylation sites (N-methyl/N-ethyl adjacent to an activating group) is 1. The van der Waals surface area contributed by atoms with Gasteiger partial charge in [-0.1, -0.05) is 18.1 Å². The highest BCUT2D eigenvalue weighted by molar-refractivity contribution is 6.28. The van der Waals surface area contributed by atoms with Crippen molar-refractivity contribution in [2.45, 2.75) is 36.1 Å². The lowest BCUT2D eigenvalue weighted by molar-refractivity contribution is -0.191. The van der Waals surface area contributed by atoms with E-state index in [9.17, 15) is 34.8 Å². The Hall–Kier alpha value is -4.57. The molecule has 1 fully saturated rings. The van der Waals surface area contributed by atoms with Crippen molar-refractivity contribution in [1.29, 1.82) is 0 Å². The van der Waals surface area contributed by atoms with Gasteiger partial charge in [-0.15, -0.1) is 6.42 Å². The van der Waals surface area contributed by atoms with E-state index in [4.69, 9.17) is 38.3 Å². The monoisotopic (exact) mass is 647 g/mol. The van der Waals surface area contributed by atoms with E-state index in [0.717, 1.165) is 0 Å². The lowest BCUT2D eigenvalue weighted by atomic mass is 9.92. The number of aliphatic carboxylic acids is 3. The van der Waals surface area contributed by atoms with Crippen molar-refractivity contribution < 1.29 is 49.4 Å². The first kappa shape index (κ1) is 33.3. The van der Waals surface area contributed by atoms with Crippen molar-refractivity contribution in [2.75, 3.05) is 44.3 Å². The quantitative estimate of drug-likeness (QED) is 0.0647. The number of aromatic nitrogens is 4. The molecule has 0 unspecified atom stereocenters. The molecule has 3 heterocycles. The average Bonchev–Trinajstić information content (AvgIpc) is 3.49. The van der Waals surface area contributed by atoms with Gasteiger partial charge in [-0.3, -0.25) is 14.3 Å². The third-order valence-electron chi connectivity index (χ3n) is 7.25. The molecule has 1 aliphatic heterocycles. The molecule has 0 spiro atoms. The van der Waals surface area contributed by atoms with Crippen LogP contribution in [0.15, 0.2) is 30.6 Å². The van der Waals surface area contributed by atoms with Gasteiger partial charge in [0.2, 0.25) is 5.28 Å². The van der Waals surface area contributed by atoms with Gasteiger partial charge in [0.1, 0.15) is 17.7 Å². The molecule has 45 heavy (non-hydrogen) atoms. The van der Waals surface area contributed by atoms with Crippen LogP contribution in [0.4, 0.5) is 11.5 Å². The van der Waals surface area contributed by atoms with Gasteiger partial charge in [0.05, 0.1) is 19.5 Å². The summed E-state index contributed by atoms with van der Waals surface area (Å²) >= 11 is 5.91. The van der Waals surface area contributed by atoms with Crippen LogP contribution in [0.1, 0.15) is 11.8 Å². The number of hydrogen-bond donors (Lipinski definition) is 7. The van der Waals surface area contributed by atoms with Crippen LogP contribution in [-0.2, 0) is 30.3 Å². The summed E-state index contributed by atoms with van der Waals surface area (Å²) in [5.74, 6) is -2.65. The lowest BCUT2D eigenvalue weighted by Gasteiger charge is -2.30. The average molecular weight is 648 g/mol. The zero-order valence-electron chi connectivity index (χ0n) is 23.7. The van der Waals surface area contributed by atoms with Gasteiger partial charge in [-0.2, -0.15) is 9.97 Å². The second kappa shape index (κ2) is 13.2. The molecule has 17 nitrogen and oxygen atoms in total. The van der Waals surface area contributed by atoms with E-state index in [1.165, 1.54) is 23.0 Å².